The van der Waals surface area contributed by atoms with Crippen LogP contribution >= 0.6 is 0 Å². The molecule has 170 valence electrons. The number of H-pyrrole nitrogens is 1. The third kappa shape index (κ3) is 4.25. The number of nitrogens with one attached hydrogen (secondary N) is 2. The number of nitrogens with zero attached hydrogens (tertiary/aromatic N) is 4. The number of rotatable bonds is 7. The number of aliphatic hydroxyl groups is 2. The molecule has 4 N–H and O–H groups in total. The van der Waals surface area contributed by atoms with Gasteiger partial charge in [-0.25, -0.2) is 4.98 Å². The van der Waals surface area contributed by atoms with Gasteiger partial charge in [0.05, 0.1) is 25.2 Å². The van der Waals surface area contributed by atoms with Gasteiger partial charge in [-0.05, 0) is 12.1 Å². The number of carbonyl (C=O) groups is 1. The molecule has 0 aromatic carbocycles. The van der Waals surface area contributed by atoms with E-state index in [1.807, 2.05) is 6.07 Å². The maximum Gasteiger partial charge on any atom is 0.280 e. The van der Waals surface area contributed by atoms with Gasteiger partial charge in [-0.3, -0.25) is 29.4 Å². The number of amides is 1. The molecule has 12 heteroatoms. The van der Waals surface area contributed by atoms with E-state index in [0.717, 1.165) is 0 Å². The second-order valence-corrected chi connectivity index (χ2v) is 7.72. The molecule has 1 aliphatic heterocycles. The van der Waals surface area contributed by atoms with Gasteiger partial charge in [0, 0.05) is 12.1 Å². The molecule has 4 heterocycles. The lowest BCUT2D eigenvalue weighted by atomic mass is 10.1. The van der Waals surface area contributed by atoms with Gasteiger partial charge < -0.3 is 19.7 Å². The number of aromatic nitrogens is 5. The van der Waals surface area contributed by atoms with Gasteiger partial charge in [-0.15, -0.1) is 0 Å². The summed E-state index contributed by atoms with van der Waals surface area (Å²) in [6, 6.07) is 5.37. The second kappa shape index (κ2) is 9.12. The van der Waals surface area contributed by atoms with Crippen molar-refractivity contribution in [1.82, 2.24) is 24.5 Å². The molecular formula is C20H24N6O6. The molecule has 1 amide bonds. The van der Waals surface area contributed by atoms with E-state index >= 15 is 0 Å². The highest BCUT2D eigenvalue weighted by Crippen LogP contribution is 2.33. The highest BCUT2D eigenvalue weighted by molar-refractivity contribution is 5.91. The highest BCUT2D eigenvalue weighted by Gasteiger charge is 2.46. The number of ether oxygens (including phenoxy) is 2. The molecule has 4 atom stereocenters. The summed E-state index contributed by atoms with van der Waals surface area (Å²) in [5.74, 6) is -0.668. The van der Waals surface area contributed by atoms with Crippen LogP contribution in [0, 0.1) is 5.92 Å². The van der Waals surface area contributed by atoms with Crippen molar-refractivity contribution in [3.8, 4) is 0 Å². The Bertz CT molecular complexity index is 1150. The zero-order valence-corrected chi connectivity index (χ0v) is 17.5. The first-order chi connectivity index (χ1) is 15.4. The highest BCUT2D eigenvalue weighted by atomic mass is 16.6. The fourth-order valence-electron chi connectivity index (χ4n) is 3.37. The van der Waals surface area contributed by atoms with Crippen LogP contribution in [0.5, 0.6) is 0 Å². The van der Waals surface area contributed by atoms with E-state index in [1.54, 1.807) is 32.2 Å². The number of anilines is 1. The summed E-state index contributed by atoms with van der Waals surface area (Å²) in [4.78, 5) is 39.6. The molecule has 0 saturated carbocycles. The Hall–Kier alpha value is -3.19. The van der Waals surface area contributed by atoms with Crippen LogP contribution in [0.3, 0.4) is 0 Å². The van der Waals surface area contributed by atoms with E-state index in [1.165, 1.54) is 10.9 Å². The molecule has 12 nitrogen and oxygen atoms in total. The smallest absolute Gasteiger partial charge is 0.280 e. The molecule has 0 radical (unpaired) electrons. The van der Waals surface area contributed by atoms with Gasteiger partial charge in [0.25, 0.3) is 5.56 Å². The first-order valence-corrected chi connectivity index (χ1v) is 10.1. The SMILES string of the molecule is CC(C)C(=O)Nc1nc2c(ncn2[C@@H]2O[C@H](CO)C(O)[C@@H]2OCc2ccccn2)c(=O)[nH]1. The van der Waals surface area contributed by atoms with Crippen molar-refractivity contribution >= 4 is 23.0 Å². The molecule has 32 heavy (non-hydrogen) atoms. The Morgan fingerprint density at radius 2 is 2.19 bits per heavy atom. The van der Waals surface area contributed by atoms with Crippen LogP contribution in [0.15, 0.2) is 35.5 Å². The molecule has 0 spiro atoms. The van der Waals surface area contributed by atoms with Crippen LogP contribution in [0.2, 0.25) is 0 Å². The van der Waals surface area contributed by atoms with Crippen molar-refractivity contribution in [3.05, 3.63) is 46.8 Å². The van der Waals surface area contributed by atoms with Crippen LogP contribution in [0.1, 0.15) is 25.8 Å². The van der Waals surface area contributed by atoms with Gasteiger partial charge in [-0.2, -0.15) is 4.98 Å². The Morgan fingerprint density at radius 3 is 2.88 bits per heavy atom. The minimum absolute atomic E-state index is 0.0292. The van der Waals surface area contributed by atoms with Crippen LogP contribution in [-0.4, -0.2) is 65.5 Å². The molecule has 1 aliphatic rings. The van der Waals surface area contributed by atoms with Crippen molar-refractivity contribution in [1.29, 1.82) is 0 Å². The van der Waals surface area contributed by atoms with Crippen LogP contribution in [0.4, 0.5) is 5.95 Å². The summed E-state index contributed by atoms with van der Waals surface area (Å²) in [5, 5.41) is 22.8. The largest absolute Gasteiger partial charge is 0.394 e. The summed E-state index contributed by atoms with van der Waals surface area (Å²) in [7, 11) is 0. The summed E-state index contributed by atoms with van der Waals surface area (Å²) in [6.45, 7) is 3.08. The van der Waals surface area contributed by atoms with Crippen molar-refractivity contribution in [2.75, 3.05) is 11.9 Å². The molecule has 0 bridgehead atoms. The molecule has 3 aromatic rings. The van der Waals surface area contributed by atoms with E-state index in [9.17, 15) is 19.8 Å². The Kier molecular flexibility index (Phi) is 6.28. The summed E-state index contributed by atoms with van der Waals surface area (Å²) >= 11 is 0. The average molecular weight is 444 g/mol. The molecular weight excluding hydrogens is 420 g/mol. The Morgan fingerprint density at radius 1 is 1.38 bits per heavy atom. The number of hydrogen-bond donors (Lipinski definition) is 4. The molecule has 4 rings (SSSR count). The summed E-state index contributed by atoms with van der Waals surface area (Å²) < 4.78 is 13.1. The second-order valence-electron chi connectivity index (χ2n) is 7.72. The number of carbonyl (C=O) groups excluding carboxylic acids is 1. The van der Waals surface area contributed by atoms with E-state index in [0.29, 0.717) is 5.69 Å². The zero-order chi connectivity index (χ0) is 22.8. The molecule has 3 aromatic heterocycles. The van der Waals surface area contributed by atoms with Gasteiger partial charge in [0.1, 0.15) is 18.3 Å². The predicted molar refractivity (Wildman–Crippen MR) is 111 cm³/mol. The van der Waals surface area contributed by atoms with Crippen molar-refractivity contribution in [2.45, 2.75) is 45.0 Å². The fourth-order valence-corrected chi connectivity index (χ4v) is 3.37. The lowest BCUT2D eigenvalue weighted by Gasteiger charge is -2.22. The van der Waals surface area contributed by atoms with E-state index in [4.69, 9.17) is 9.47 Å². The monoisotopic (exact) mass is 444 g/mol. The Balaban J connectivity index is 1.67. The predicted octanol–water partition coefficient (Wildman–Crippen LogP) is -0.0549. The standard InChI is InChI=1S/C20H24N6O6/c1-10(2)17(29)24-20-23-16-13(18(30)25-20)22-9-26(16)19-15(14(28)12(7-27)32-19)31-8-11-5-3-4-6-21-11/h3-6,9-10,12,14-15,19,27-28H,7-8H2,1-2H3,(H2,23,24,25,29,30)/t12-,14?,15+,19-/m1/s1. The van der Waals surface area contributed by atoms with Crippen molar-refractivity contribution in [2.24, 2.45) is 5.92 Å². The number of imidazole rings is 1. The van der Waals surface area contributed by atoms with Crippen molar-refractivity contribution < 1.29 is 24.5 Å². The maximum atomic E-state index is 12.5. The number of fused-ring (bicyclic) bond motifs is 1. The van der Waals surface area contributed by atoms with E-state index in [-0.39, 0.29) is 35.5 Å². The van der Waals surface area contributed by atoms with Crippen LogP contribution < -0.4 is 10.9 Å². The topological polar surface area (TPSA) is 164 Å². The minimum Gasteiger partial charge on any atom is -0.394 e. The lowest BCUT2D eigenvalue weighted by molar-refractivity contribution is -0.118. The number of aliphatic hydroxyl groups excluding tert-OH is 2. The fraction of sp³-hybridized carbons (Fsp3) is 0.450. The molecule has 0 aliphatic carbocycles. The Labute approximate surface area is 182 Å². The minimum atomic E-state index is -1.15. The molecule has 1 fully saturated rings. The van der Waals surface area contributed by atoms with Gasteiger partial charge in [-0.1, -0.05) is 19.9 Å². The summed E-state index contributed by atoms with van der Waals surface area (Å²) in [5.41, 5.74) is 0.266. The first kappa shape index (κ1) is 22.0. The molecule has 1 unspecified atom stereocenters. The van der Waals surface area contributed by atoms with Gasteiger partial charge in [0.2, 0.25) is 11.9 Å². The number of pyridine rings is 1. The molecule has 1 saturated heterocycles. The van der Waals surface area contributed by atoms with Gasteiger partial charge in [0.15, 0.2) is 17.4 Å². The van der Waals surface area contributed by atoms with E-state index in [2.05, 4.69) is 25.3 Å². The van der Waals surface area contributed by atoms with Crippen LogP contribution in [-0.2, 0) is 20.9 Å². The maximum absolute atomic E-state index is 12.5. The summed E-state index contributed by atoms with van der Waals surface area (Å²) in [6.07, 6.45) is -0.919. The lowest BCUT2D eigenvalue weighted by Crippen LogP contribution is -2.35. The van der Waals surface area contributed by atoms with Crippen LogP contribution in [0.25, 0.3) is 11.2 Å². The van der Waals surface area contributed by atoms with E-state index < -0.39 is 36.7 Å². The number of aromatic amines is 1. The number of hydrogen-bond acceptors (Lipinski definition) is 9. The van der Waals surface area contributed by atoms with Gasteiger partial charge >= 0.3 is 0 Å². The third-order valence-corrected chi connectivity index (χ3v) is 5.12. The zero-order valence-electron chi connectivity index (χ0n) is 17.5. The van der Waals surface area contributed by atoms with Crippen molar-refractivity contribution in [3.63, 3.8) is 0 Å². The normalized spacial score (nSPS) is 23.2. The first-order valence-electron chi connectivity index (χ1n) is 10.1. The quantitative estimate of drug-likeness (QED) is 0.391. The average Bonchev–Trinajstić information content (AvgIpc) is 3.33. The third-order valence-electron chi connectivity index (χ3n) is 5.12.